The summed E-state index contributed by atoms with van der Waals surface area (Å²) in [7, 11) is -0.463. The van der Waals surface area contributed by atoms with Gasteiger partial charge in [-0.15, -0.1) is 0 Å². The van der Waals surface area contributed by atoms with Gasteiger partial charge in [0.15, 0.2) is 6.29 Å². The number of carbonyl (C=O) groups is 1. The number of fused-ring (bicyclic) bond motifs is 1. The first kappa shape index (κ1) is 17.2. The van der Waals surface area contributed by atoms with E-state index < -0.39 is 18.3 Å². The maximum atomic E-state index is 11.4. The van der Waals surface area contributed by atoms with Gasteiger partial charge in [0.2, 0.25) is 0 Å². The van der Waals surface area contributed by atoms with E-state index in [4.69, 9.17) is 13.7 Å². The number of furan rings is 1. The highest BCUT2D eigenvalue weighted by atomic mass is 16.7. The SMILES string of the molecule is CC(C)(C)c1cc(B2OC(C)(C)C(C)(C)O2)cc2c(C=O)coc12. The summed E-state index contributed by atoms with van der Waals surface area (Å²) in [4.78, 5) is 11.4. The number of benzene rings is 1. The Morgan fingerprint density at radius 2 is 1.62 bits per heavy atom. The van der Waals surface area contributed by atoms with Gasteiger partial charge in [-0.05, 0) is 38.6 Å². The highest BCUT2D eigenvalue weighted by Gasteiger charge is 2.52. The lowest BCUT2D eigenvalue weighted by Crippen LogP contribution is -2.41. The van der Waals surface area contributed by atoms with Crippen LogP contribution in [0.3, 0.4) is 0 Å². The van der Waals surface area contributed by atoms with Crippen LogP contribution in [0.4, 0.5) is 0 Å². The van der Waals surface area contributed by atoms with Gasteiger partial charge in [0, 0.05) is 10.9 Å². The minimum absolute atomic E-state index is 0.129. The fourth-order valence-electron chi connectivity index (χ4n) is 2.94. The zero-order valence-electron chi connectivity index (χ0n) is 15.5. The zero-order valence-corrected chi connectivity index (χ0v) is 15.5. The van der Waals surface area contributed by atoms with Gasteiger partial charge in [0.25, 0.3) is 0 Å². The van der Waals surface area contributed by atoms with Gasteiger partial charge in [-0.1, -0.05) is 32.9 Å². The van der Waals surface area contributed by atoms with Gasteiger partial charge < -0.3 is 13.7 Å². The number of aldehydes is 1. The Labute approximate surface area is 143 Å². The van der Waals surface area contributed by atoms with Crippen molar-refractivity contribution in [3.8, 4) is 0 Å². The Balaban J connectivity index is 2.18. The molecule has 3 rings (SSSR count). The third-order valence-corrected chi connectivity index (χ3v) is 5.19. The molecular weight excluding hydrogens is 303 g/mol. The maximum absolute atomic E-state index is 11.4. The van der Waals surface area contributed by atoms with Gasteiger partial charge in [-0.25, -0.2) is 0 Å². The Morgan fingerprint density at radius 1 is 1.04 bits per heavy atom. The lowest BCUT2D eigenvalue weighted by Gasteiger charge is -2.32. The summed E-state index contributed by atoms with van der Waals surface area (Å²) in [6.07, 6.45) is 2.34. The molecule has 24 heavy (non-hydrogen) atoms. The van der Waals surface area contributed by atoms with Gasteiger partial charge in [-0.2, -0.15) is 0 Å². The molecule has 0 amide bonds. The topological polar surface area (TPSA) is 48.7 Å². The molecule has 1 aliphatic heterocycles. The second kappa shape index (κ2) is 5.20. The average Bonchev–Trinajstić information content (AvgIpc) is 2.95. The molecule has 1 aliphatic rings. The van der Waals surface area contributed by atoms with Crippen molar-refractivity contribution in [3.63, 3.8) is 0 Å². The fourth-order valence-corrected chi connectivity index (χ4v) is 2.94. The largest absolute Gasteiger partial charge is 0.494 e. The summed E-state index contributed by atoms with van der Waals surface area (Å²) in [6, 6.07) is 4.02. The van der Waals surface area contributed by atoms with E-state index in [1.807, 2.05) is 33.8 Å². The molecule has 1 aromatic heterocycles. The van der Waals surface area contributed by atoms with Gasteiger partial charge in [-0.3, -0.25) is 4.79 Å². The fraction of sp³-hybridized carbons (Fsp3) is 0.526. The molecule has 0 aliphatic carbocycles. The van der Waals surface area contributed by atoms with Crippen molar-refractivity contribution in [1.29, 1.82) is 0 Å². The van der Waals surface area contributed by atoms with Crippen LogP contribution in [0.5, 0.6) is 0 Å². The third-order valence-electron chi connectivity index (χ3n) is 5.19. The third kappa shape index (κ3) is 2.60. The van der Waals surface area contributed by atoms with Gasteiger partial charge in [0.1, 0.15) is 11.8 Å². The molecule has 0 N–H and O–H groups in total. The lowest BCUT2D eigenvalue weighted by molar-refractivity contribution is 0.00578. The number of carbonyl (C=O) groups excluding carboxylic acids is 1. The van der Waals surface area contributed by atoms with Gasteiger partial charge >= 0.3 is 7.12 Å². The van der Waals surface area contributed by atoms with Crippen molar-refractivity contribution in [2.45, 2.75) is 65.1 Å². The first-order valence-corrected chi connectivity index (χ1v) is 8.33. The average molecular weight is 328 g/mol. The van der Waals surface area contributed by atoms with E-state index in [2.05, 4.69) is 26.8 Å². The molecule has 0 saturated carbocycles. The summed E-state index contributed by atoms with van der Waals surface area (Å²) >= 11 is 0. The van der Waals surface area contributed by atoms with Crippen LogP contribution < -0.4 is 5.46 Å². The predicted molar refractivity (Wildman–Crippen MR) is 96.0 cm³/mol. The van der Waals surface area contributed by atoms with Crippen LogP contribution in [0.2, 0.25) is 0 Å². The van der Waals surface area contributed by atoms with Crippen LogP contribution >= 0.6 is 0 Å². The molecule has 4 nitrogen and oxygen atoms in total. The Kier molecular flexibility index (Phi) is 3.74. The molecule has 0 bridgehead atoms. The molecule has 2 heterocycles. The van der Waals surface area contributed by atoms with Crippen LogP contribution in [-0.2, 0) is 14.7 Å². The number of hydrogen-bond acceptors (Lipinski definition) is 4. The smallest absolute Gasteiger partial charge is 0.463 e. The molecule has 1 saturated heterocycles. The monoisotopic (exact) mass is 328 g/mol. The van der Waals surface area contributed by atoms with Crippen molar-refractivity contribution >= 4 is 29.8 Å². The molecule has 0 atom stereocenters. The van der Waals surface area contributed by atoms with E-state index in [1.165, 1.54) is 6.26 Å². The molecular formula is C19H25BO4. The Bertz CT molecular complexity index is 780. The van der Waals surface area contributed by atoms with Crippen molar-refractivity contribution in [2.24, 2.45) is 0 Å². The molecule has 2 aromatic rings. The summed E-state index contributed by atoms with van der Waals surface area (Å²) in [6.45, 7) is 14.5. The summed E-state index contributed by atoms with van der Waals surface area (Å²) in [5.74, 6) is 0. The summed E-state index contributed by atoms with van der Waals surface area (Å²) < 4.78 is 18.0. The minimum Gasteiger partial charge on any atom is -0.463 e. The molecule has 0 spiro atoms. The van der Waals surface area contributed by atoms with Crippen LogP contribution in [0.1, 0.15) is 64.4 Å². The molecule has 5 heteroatoms. The highest BCUT2D eigenvalue weighted by Crippen LogP contribution is 2.38. The van der Waals surface area contributed by atoms with Crippen LogP contribution in [0, 0.1) is 0 Å². The molecule has 128 valence electrons. The van der Waals surface area contributed by atoms with Crippen LogP contribution in [-0.4, -0.2) is 24.6 Å². The van der Waals surface area contributed by atoms with E-state index in [0.29, 0.717) is 5.56 Å². The molecule has 0 unspecified atom stereocenters. The normalized spacial score (nSPS) is 19.9. The summed E-state index contributed by atoms with van der Waals surface area (Å²) in [5, 5.41) is 0.808. The van der Waals surface area contributed by atoms with E-state index in [1.54, 1.807) is 0 Å². The van der Waals surface area contributed by atoms with Gasteiger partial charge in [0.05, 0.1) is 16.8 Å². The maximum Gasteiger partial charge on any atom is 0.494 e. The van der Waals surface area contributed by atoms with E-state index in [-0.39, 0.29) is 5.41 Å². The first-order chi connectivity index (χ1) is 11.0. The minimum atomic E-state index is -0.463. The van der Waals surface area contributed by atoms with Crippen molar-refractivity contribution in [3.05, 3.63) is 29.5 Å². The number of rotatable bonds is 2. The molecule has 1 fully saturated rings. The van der Waals surface area contributed by atoms with Crippen molar-refractivity contribution < 1.29 is 18.5 Å². The standard InChI is InChI=1S/C19H25BO4/c1-17(2,3)15-9-13(8-14-12(10-21)11-22-16(14)15)20-23-18(4,5)19(6,7)24-20/h8-11H,1-7H3. The predicted octanol–water partition coefficient (Wildman–Crippen LogP) is 3.84. The zero-order chi connectivity index (χ0) is 17.9. The number of hydrogen-bond donors (Lipinski definition) is 0. The quantitative estimate of drug-likeness (QED) is 0.621. The molecule has 0 radical (unpaired) electrons. The first-order valence-electron chi connectivity index (χ1n) is 8.33. The van der Waals surface area contributed by atoms with Crippen LogP contribution in [0.25, 0.3) is 11.0 Å². The Morgan fingerprint density at radius 3 is 2.12 bits per heavy atom. The van der Waals surface area contributed by atoms with Crippen molar-refractivity contribution in [1.82, 2.24) is 0 Å². The van der Waals surface area contributed by atoms with Crippen LogP contribution in [0.15, 0.2) is 22.8 Å². The molecule has 1 aromatic carbocycles. The highest BCUT2D eigenvalue weighted by molar-refractivity contribution is 6.62. The van der Waals surface area contributed by atoms with Crippen molar-refractivity contribution in [2.75, 3.05) is 0 Å². The van der Waals surface area contributed by atoms with E-state index >= 15 is 0 Å². The second-order valence-electron chi connectivity index (χ2n) is 8.59. The van der Waals surface area contributed by atoms with E-state index in [0.717, 1.165) is 28.3 Å². The summed E-state index contributed by atoms with van der Waals surface area (Å²) in [5.41, 5.74) is 2.32. The Hall–Kier alpha value is -1.59. The van der Waals surface area contributed by atoms with E-state index in [9.17, 15) is 4.79 Å². The second-order valence-corrected chi connectivity index (χ2v) is 8.59. The lowest BCUT2D eigenvalue weighted by atomic mass is 9.74.